The Labute approximate surface area is 159 Å². The molecule has 134 valence electrons. The fourth-order valence-electron chi connectivity index (χ4n) is 2.28. The van der Waals surface area contributed by atoms with E-state index < -0.39 is 5.97 Å². The van der Waals surface area contributed by atoms with Crippen molar-refractivity contribution in [2.45, 2.75) is 13.8 Å². The number of aromatic nitrogens is 3. The molecule has 0 amide bonds. The Morgan fingerprint density at radius 2 is 1.96 bits per heavy atom. The van der Waals surface area contributed by atoms with Crippen molar-refractivity contribution in [1.29, 1.82) is 0 Å². The monoisotopic (exact) mass is 392 g/mol. The van der Waals surface area contributed by atoms with Gasteiger partial charge >= 0.3 is 5.97 Å². The van der Waals surface area contributed by atoms with Gasteiger partial charge in [-0.3, -0.25) is 0 Å². The van der Waals surface area contributed by atoms with Crippen LogP contribution < -0.4 is 5.32 Å². The lowest BCUT2D eigenvalue weighted by atomic mass is 10.1. The van der Waals surface area contributed by atoms with E-state index in [4.69, 9.17) is 32.5 Å². The molecule has 3 aromatic rings. The van der Waals surface area contributed by atoms with E-state index in [-0.39, 0.29) is 23.2 Å². The Balaban J connectivity index is 2.04. The number of carbonyl (C=O) groups is 1. The van der Waals surface area contributed by atoms with Crippen LogP contribution in [0.1, 0.15) is 23.1 Å². The van der Waals surface area contributed by atoms with Gasteiger partial charge in [0.05, 0.1) is 6.61 Å². The van der Waals surface area contributed by atoms with Gasteiger partial charge in [-0.05, 0) is 26.0 Å². The molecule has 0 radical (unpaired) electrons. The van der Waals surface area contributed by atoms with Crippen molar-refractivity contribution in [2.24, 2.45) is 0 Å². The van der Waals surface area contributed by atoms with Crippen LogP contribution >= 0.6 is 23.2 Å². The molecule has 9 heteroatoms. The summed E-state index contributed by atoms with van der Waals surface area (Å²) in [6, 6.07) is 8.37. The van der Waals surface area contributed by atoms with Gasteiger partial charge in [-0.15, -0.1) is 0 Å². The Hall–Kier alpha value is -2.64. The van der Waals surface area contributed by atoms with Crippen molar-refractivity contribution in [3.05, 3.63) is 51.9 Å². The summed E-state index contributed by atoms with van der Waals surface area (Å²) in [5.41, 5.74) is 1.15. The standard InChI is InChI=1S/C17H14Cl2N4O3/c1-3-25-17(24)14-15(10-4-6-11(18)7-5-10)23-26-16(14)22-13-8-12(19)20-9(2)21-13/h4-8H,3H2,1-2H3,(H,20,21,22). The maximum absolute atomic E-state index is 12.5. The number of nitrogens with one attached hydrogen (secondary N) is 1. The number of aryl methyl sites for hydroxylation is 1. The van der Waals surface area contributed by atoms with E-state index in [1.165, 1.54) is 6.07 Å². The van der Waals surface area contributed by atoms with Gasteiger partial charge in [0.25, 0.3) is 0 Å². The topological polar surface area (TPSA) is 90.1 Å². The summed E-state index contributed by atoms with van der Waals surface area (Å²) >= 11 is 11.9. The first-order valence-corrected chi connectivity index (χ1v) is 8.44. The van der Waals surface area contributed by atoms with E-state index >= 15 is 0 Å². The molecule has 0 saturated carbocycles. The van der Waals surface area contributed by atoms with Gasteiger partial charge in [0, 0.05) is 16.7 Å². The van der Waals surface area contributed by atoms with Crippen molar-refractivity contribution in [3.8, 4) is 11.3 Å². The maximum atomic E-state index is 12.5. The van der Waals surface area contributed by atoms with Gasteiger partial charge in [-0.25, -0.2) is 14.8 Å². The molecule has 1 aromatic carbocycles. The van der Waals surface area contributed by atoms with Crippen molar-refractivity contribution < 1.29 is 14.1 Å². The third-order valence-corrected chi connectivity index (χ3v) is 3.78. The second-order valence-electron chi connectivity index (χ2n) is 5.21. The van der Waals surface area contributed by atoms with Gasteiger partial charge in [0.1, 0.15) is 22.5 Å². The molecule has 1 N–H and O–H groups in total. The van der Waals surface area contributed by atoms with E-state index in [0.717, 1.165) is 0 Å². The number of esters is 1. The van der Waals surface area contributed by atoms with Crippen molar-refractivity contribution in [3.63, 3.8) is 0 Å². The molecule has 0 bridgehead atoms. The highest BCUT2D eigenvalue weighted by molar-refractivity contribution is 6.30. The Morgan fingerprint density at radius 3 is 2.62 bits per heavy atom. The molecule has 0 saturated heterocycles. The predicted molar refractivity (Wildman–Crippen MR) is 98.0 cm³/mol. The number of rotatable bonds is 5. The summed E-state index contributed by atoms with van der Waals surface area (Å²) in [4.78, 5) is 20.7. The number of ether oxygens (including phenoxy) is 1. The zero-order chi connectivity index (χ0) is 18.7. The highest BCUT2D eigenvalue weighted by Gasteiger charge is 2.26. The van der Waals surface area contributed by atoms with Crippen molar-refractivity contribution in [2.75, 3.05) is 11.9 Å². The third-order valence-electron chi connectivity index (χ3n) is 3.34. The molecule has 0 aliphatic rings. The summed E-state index contributed by atoms with van der Waals surface area (Å²) in [5.74, 6) is 0.364. The molecule has 0 unspecified atom stereocenters. The van der Waals surface area contributed by atoms with Crippen LogP contribution in [-0.2, 0) is 4.74 Å². The van der Waals surface area contributed by atoms with Gasteiger partial charge in [-0.2, -0.15) is 0 Å². The predicted octanol–water partition coefficient (Wildman–Crippen LogP) is 4.67. The first-order valence-electron chi connectivity index (χ1n) is 7.69. The molecule has 0 aliphatic heterocycles. The number of benzene rings is 1. The van der Waals surface area contributed by atoms with E-state index in [0.29, 0.717) is 27.9 Å². The molecular weight excluding hydrogens is 379 g/mol. The van der Waals surface area contributed by atoms with Crippen LogP contribution in [0.2, 0.25) is 10.2 Å². The first-order chi connectivity index (χ1) is 12.5. The molecule has 0 aliphatic carbocycles. The van der Waals surface area contributed by atoms with Gasteiger partial charge in [0.2, 0.25) is 5.88 Å². The van der Waals surface area contributed by atoms with Crippen LogP contribution in [0.3, 0.4) is 0 Å². The van der Waals surface area contributed by atoms with Crippen LogP contribution in [0.5, 0.6) is 0 Å². The minimum absolute atomic E-state index is 0.0996. The zero-order valence-corrected chi connectivity index (χ0v) is 15.4. The minimum atomic E-state index is -0.571. The largest absolute Gasteiger partial charge is 0.462 e. The molecule has 3 rings (SSSR count). The quantitative estimate of drug-likeness (QED) is 0.498. The summed E-state index contributed by atoms with van der Waals surface area (Å²) in [6.45, 7) is 3.62. The minimum Gasteiger partial charge on any atom is -0.462 e. The average molecular weight is 393 g/mol. The molecular formula is C17H14Cl2N4O3. The maximum Gasteiger partial charge on any atom is 0.346 e. The lowest BCUT2D eigenvalue weighted by molar-refractivity contribution is 0.0528. The molecule has 2 aromatic heterocycles. The Morgan fingerprint density at radius 1 is 1.23 bits per heavy atom. The van der Waals surface area contributed by atoms with Crippen LogP contribution in [0.4, 0.5) is 11.7 Å². The smallest absolute Gasteiger partial charge is 0.346 e. The summed E-state index contributed by atoms with van der Waals surface area (Å²) in [7, 11) is 0. The number of halogens is 2. The molecule has 0 atom stereocenters. The summed E-state index contributed by atoms with van der Waals surface area (Å²) in [6.07, 6.45) is 0. The van der Waals surface area contributed by atoms with E-state index in [9.17, 15) is 4.79 Å². The zero-order valence-electron chi connectivity index (χ0n) is 13.9. The van der Waals surface area contributed by atoms with Gasteiger partial charge in [-0.1, -0.05) is 40.5 Å². The Kier molecular flexibility index (Phi) is 5.39. The van der Waals surface area contributed by atoms with Crippen LogP contribution in [-0.4, -0.2) is 27.7 Å². The number of hydrogen-bond donors (Lipinski definition) is 1. The van der Waals surface area contributed by atoms with Crippen LogP contribution in [0.25, 0.3) is 11.3 Å². The number of nitrogens with zero attached hydrogens (tertiary/aromatic N) is 3. The molecule has 7 nitrogen and oxygen atoms in total. The normalized spacial score (nSPS) is 10.6. The van der Waals surface area contributed by atoms with Gasteiger partial charge in [0.15, 0.2) is 5.56 Å². The number of anilines is 2. The van der Waals surface area contributed by atoms with Crippen LogP contribution in [0, 0.1) is 6.92 Å². The summed E-state index contributed by atoms with van der Waals surface area (Å²) < 4.78 is 10.5. The van der Waals surface area contributed by atoms with Crippen molar-refractivity contribution >= 4 is 40.9 Å². The second kappa shape index (κ2) is 7.72. The highest BCUT2D eigenvalue weighted by atomic mass is 35.5. The van der Waals surface area contributed by atoms with E-state index in [1.807, 2.05) is 0 Å². The van der Waals surface area contributed by atoms with E-state index in [1.54, 1.807) is 38.1 Å². The fourth-order valence-corrected chi connectivity index (χ4v) is 2.64. The van der Waals surface area contributed by atoms with Crippen molar-refractivity contribution in [1.82, 2.24) is 15.1 Å². The molecule has 0 fully saturated rings. The SMILES string of the molecule is CCOC(=O)c1c(-c2ccc(Cl)cc2)noc1Nc1cc(Cl)nc(C)n1. The first kappa shape index (κ1) is 18.2. The number of carbonyl (C=O) groups excluding carboxylic acids is 1. The molecule has 0 spiro atoms. The lowest BCUT2D eigenvalue weighted by Gasteiger charge is -2.06. The van der Waals surface area contributed by atoms with E-state index in [2.05, 4.69) is 20.4 Å². The highest BCUT2D eigenvalue weighted by Crippen LogP contribution is 2.32. The molecule has 26 heavy (non-hydrogen) atoms. The van der Waals surface area contributed by atoms with Gasteiger partial charge < -0.3 is 14.6 Å². The third kappa shape index (κ3) is 3.95. The number of hydrogen-bond acceptors (Lipinski definition) is 7. The Bertz CT molecular complexity index is 921. The summed E-state index contributed by atoms with van der Waals surface area (Å²) in [5, 5.41) is 7.73. The fraction of sp³-hybridized carbons (Fsp3) is 0.176. The average Bonchev–Trinajstić information content (AvgIpc) is 2.98. The lowest BCUT2D eigenvalue weighted by Crippen LogP contribution is -2.08. The van der Waals surface area contributed by atoms with Crippen LogP contribution in [0.15, 0.2) is 34.9 Å². The second-order valence-corrected chi connectivity index (χ2v) is 6.03. The molecule has 2 heterocycles.